The van der Waals surface area contributed by atoms with Crippen molar-refractivity contribution >= 4 is 5.69 Å². The van der Waals surface area contributed by atoms with E-state index in [-0.39, 0.29) is 0 Å². The van der Waals surface area contributed by atoms with Gasteiger partial charge in [0.25, 0.3) is 0 Å². The molecule has 0 radical (unpaired) electrons. The van der Waals surface area contributed by atoms with Crippen LogP contribution in [-0.4, -0.2) is 36.7 Å². The lowest BCUT2D eigenvalue weighted by atomic mass is 10.1. The topological polar surface area (TPSA) is 24.5 Å². The average Bonchev–Trinajstić information content (AvgIpc) is 2.74. The van der Waals surface area contributed by atoms with Crippen LogP contribution in [0.4, 0.5) is 5.69 Å². The molecular formula is C15H22N2O. The van der Waals surface area contributed by atoms with E-state index in [0.29, 0.717) is 12.2 Å². The number of morpholine rings is 1. The molecule has 0 bridgehead atoms. The van der Waals surface area contributed by atoms with Crippen molar-refractivity contribution in [3.63, 3.8) is 0 Å². The highest BCUT2D eigenvalue weighted by molar-refractivity contribution is 5.57. The zero-order valence-corrected chi connectivity index (χ0v) is 11.3. The monoisotopic (exact) mass is 246 g/mol. The molecule has 1 aromatic rings. The van der Waals surface area contributed by atoms with Crippen molar-refractivity contribution in [2.24, 2.45) is 0 Å². The lowest BCUT2D eigenvalue weighted by Crippen LogP contribution is -2.44. The molecule has 98 valence electrons. The average molecular weight is 246 g/mol. The zero-order chi connectivity index (χ0) is 12.5. The molecule has 0 saturated carbocycles. The lowest BCUT2D eigenvalue weighted by Gasteiger charge is -2.35. The summed E-state index contributed by atoms with van der Waals surface area (Å²) in [6.45, 7) is 8.51. The van der Waals surface area contributed by atoms with Gasteiger partial charge in [0, 0.05) is 31.9 Å². The number of benzene rings is 1. The summed E-state index contributed by atoms with van der Waals surface area (Å²) in [7, 11) is 0. The Morgan fingerprint density at radius 3 is 2.83 bits per heavy atom. The maximum Gasteiger partial charge on any atom is 0.0678 e. The Morgan fingerprint density at radius 1 is 1.28 bits per heavy atom. The van der Waals surface area contributed by atoms with Crippen molar-refractivity contribution in [2.45, 2.75) is 39.0 Å². The molecule has 3 nitrogen and oxygen atoms in total. The van der Waals surface area contributed by atoms with Crippen LogP contribution < -0.4 is 5.32 Å². The van der Waals surface area contributed by atoms with E-state index in [1.165, 1.54) is 23.2 Å². The van der Waals surface area contributed by atoms with Crippen molar-refractivity contribution in [2.75, 3.05) is 25.0 Å². The second-order valence-electron chi connectivity index (χ2n) is 5.62. The molecule has 1 aromatic carbocycles. The Labute approximate surface area is 109 Å². The van der Waals surface area contributed by atoms with Crippen LogP contribution in [-0.2, 0) is 17.7 Å². The maximum absolute atomic E-state index is 5.77. The molecule has 0 spiro atoms. The molecule has 1 N–H and O–H groups in total. The first-order valence-corrected chi connectivity index (χ1v) is 6.94. The Balaban J connectivity index is 1.69. The van der Waals surface area contributed by atoms with E-state index in [0.717, 1.165) is 26.2 Å². The first-order chi connectivity index (χ1) is 8.70. The quantitative estimate of drug-likeness (QED) is 0.866. The summed E-state index contributed by atoms with van der Waals surface area (Å²) in [5.74, 6) is 0. The molecule has 2 aliphatic heterocycles. The molecule has 2 atom stereocenters. The summed E-state index contributed by atoms with van der Waals surface area (Å²) in [5.41, 5.74) is 4.20. The molecule has 18 heavy (non-hydrogen) atoms. The third-order valence-corrected chi connectivity index (χ3v) is 3.79. The molecule has 3 rings (SSSR count). The number of nitrogens with zero attached hydrogens (tertiary/aromatic N) is 1. The largest absolute Gasteiger partial charge is 0.384 e. The van der Waals surface area contributed by atoms with E-state index in [9.17, 15) is 0 Å². The molecule has 0 amide bonds. The zero-order valence-electron chi connectivity index (χ0n) is 11.3. The highest BCUT2D eigenvalue weighted by Crippen LogP contribution is 2.24. The summed E-state index contributed by atoms with van der Waals surface area (Å²) in [5, 5.41) is 3.45. The maximum atomic E-state index is 5.77. The van der Waals surface area contributed by atoms with Crippen LogP contribution in [0, 0.1) is 0 Å². The Morgan fingerprint density at radius 2 is 2.06 bits per heavy atom. The second kappa shape index (κ2) is 4.90. The first-order valence-electron chi connectivity index (χ1n) is 6.94. The number of ether oxygens (including phenoxy) is 1. The number of fused-ring (bicyclic) bond motifs is 1. The van der Waals surface area contributed by atoms with Gasteiger partial charge in [0.2, 0.25) is 0 Å². The van der Waals surface area contributed by atoms with Gasteiger partial charge in [0.1, 0.15) is 0 Å². The minimum absolute atomic E-state index is 0.348. The third kappa shape index (κ3) is 2.52. The minimum Gasteiger partial charge on any atom is -0.384 e. The summed E-state index contributed by atoms with van der Waals surface area (Å²) in [6.07, 6.45) is 1.86. The third-order valence-electron chi connectivity index (χ3n) is 3.79. The smallest absolute Gasteiger partial charge is 0.0678 e. The van der Waals surface area contributed by atoms with Gasteiger partial charge in [-0.25, -0.2) is 0 Å². The van der Waals surface area contributed by atoms with Crippen LogP contribution in [0.15, 0.2) is 18.2 Å². The number of anilines is 1. The van der Waals surface area contributed by atoms with Crippen molar-refractivity contribution in [1.29, 1.82) is 0 Å². The molecule has 0 aromatic heterocycles. The summed E-state index contributed by atoms with van der Waals surface area (Å²) < 4.78 is 5.77. The van der Waals surface area contributed by atoms with Gasteiger partial charge >= 0.3 is 0 Å². The standard InChI is InChI=1S/C15H22N2O/c1-11-8-17(9-12(2)18-11)10-13-3-4-14-5-6-16-15(14)7-13/h3-4,7,11-12,16H,5-6,8-10H2,1-2H3/t11-,12+. The molecule has 0 aliphatic carbocycles. The number of rotatable bonds is 2. The van der Waals surface area contributed by atoms with E-state index < -0.39 is 0 Å². The van der Waals surface area contributed by atoms with Crippen LogP contribution in [0.5, 0.6) is 0 Å². The fraction of sp³-hybridized carbons (Fsp3) is 0.600. The fourth-order valence-corrected chi connectivity index (χ4v) is 3.11. The molecular weight excluding hydrogens is 224 g/mol. The van der Waals surface area contributed by atoms with Gasteiger partial charge in [-0.1, -0.05) is 12.1 Å². The lowest BCUT2D eigenvalue weighted by molar-refractivity contribution is -0.0704. The van der Waals surface area contributed by atoms with E-state index in [4.69, 9.17) is 4.74 Å². The van der Waals surface area contributed by atoms with Gasteiger partial charge in [-0.2, -0.15) is 0 Å². The minimum atomic E-state index is 0.348. The van der Waals surface area contributed by atoms with Gasteiger partial charge in [-0.3, -0.25) is 4.90 Å². The van der Waals surface area contributed by atoms with E-state index in [2.05, 4.69) is 42.3 Å². The highest BCUT2D eigenvalue weighted by atomic mass is 16.5. The summed E-state index contributed by atoms with van der Waals surface area (Å²) in [6, 6.07) is 6.86. The molecule has 3 heteroatoms. The number of hydrogen-bond acceptors (Lipinski definition) is 3. The van der Waals surface area contributed by atoms with Crippen molar-refractivity contribution in [3.8, 4) is 0 Å². The van der Waals surface area contributed by atoms with Crippen LogP contribution in [0.1, 0.15) is 25.0 Å². The Bertz CT molecular complexity index is 423. The van der Waals surface area contributed by atoms with Crippen molar-refractivity contribution < 1.29 is 4.74 Å². The molecule has 0 unspecified atom stereocenters. The number of nitrogens with one attached hydrogen (secondary N) is 1. The van der Waals surface area contributed by atoms with Gasteiger partial charge in [0.05, 0.1) is 12.2 Å². The SMILES string of the molecule is C[C@@H]1CN(Cc2ccc3c(c2)NCC3)C[C@H](C)O1. The number of hydrogen-bond donors (Lipinski definition) is 1. The second-order valence-corrected chi connectivity index (χ2v) is 5.62. The Kier molecular flexibility index (Phi) is 3.27. The van der Waals surface area contributed by atoms with E-state index in [1.54, 1.807) is 0 Å². The van der Waals surface area contributed by atoms with Crippen molar-refractivity contribution in [3.05, 3.63) is 29.3 Å². The van der Waals surface area contributed by atoms with Gasteiger partial charge in [-0.15, -0.1) is 0 Å². The Hall–Kier alpha value is -1.06. The molecule has 1 saturated heterocycles. The molecule has 1 fully saturated rings. The van der Waals surface area contributed by atoms with Gasteiger partial charge in [-0.05, 0) is 37.5 Å². The highest BCUT2D eigenvalue weighted by Gasteiger charge is 2.22. The normalized spacial score (nSPS) is 27.9. The predicted octanol–water partition coefficient (Wildman–Crippen LogP) is 2.26. The van der Waals surface area contributed by atoms with Gasteiger partial charge in [0.15, 0.2) is 0 Å². The summed E-state index contributed by atoms with van der Waals surface area (Å²) in [4.78, 5) is 2.50. The first kappa shape index (κ1) is 12.0. The molecule has 2 heterocycles. The summed E-state index contributed by atoms with van der Waals surface area (Å²) >= 11 is 0. The fourth-order valence-electron chi connectivity index (χ4n) is 3.11. The van der Waals surface area contributed by atoms with E-state index in [1.807, 2.05) is 0 Å². The van der Waals surface area contributed by atoms with Crippen molar-refractivity contribution in [1.82, 2.24) is 4.90 Å². The predicted molar refractivity (Wildman–Crippen MR) is 73.9 cm³/mol. The molecule has 2 aliphatic rings. The van der Waals surface area contributed by atoms with E-state index >= 15 is 0 Å². The van der Waals surface area contributed by atoms with Crippen LogP contribution in [0.25, 0.3) is 0 Å². The van der Waals surface area contributed by atoms with Crippen LogP contribution in [0.2, 0.25) is 0 Å². The van der Waals surface area contributed by atoms with Gasteiger partial charge < -0.3 is 10.1 Å². The van der Waals surface area contributed by atoms with Crippen LogP contribution >= 0.6 is 0 Å². The van der Waals surface area contributed by atoms with Crippen LogP contribution in [0.3, 0.4) is 0 Å².